The molecule has 0 amide bonds. The second-order valence-electron chi connectivity index (χ2n) is 2.27. The van der Waals surface area contributed by atoms with Gasteiger partial charge in [0.15, 0.2) is 12.2 Å². The van der Waals surface area contributed by atoms with Gasteiger partial charge in [-0.25, -0.2) is 14.4 Å². The molecule has 0 aliphatic heterocycles. The lowest BCUT2D eigenvalue weighted by Crippen LogP contribution is -2.26. The molecule has 4 nitrogen and oxygen atoms in total. The minimum absolute atomic E-state index is 0.0387. The first kappa shape index (κ1) is 9.72. The topological polar surface area (TPSA) is 60.4 Å². The molecular formula is C10H4O4. The normalized spacial score (nSPS) is 8.00. The molecule has 1 rings (SSSR count). The van der Waals surface area contributed by atoms with Gasteiger partial charge in [0.1, 0.15) is 17.6 Å². The summed E-state index contributed by atoms with van der Waals surface area (Å²) in [5.41, 5.74) is 0. The Morgan fingerprint density at radius 1 is 1.07 bits per heavy atom. The van der Waals surface area contributed by atoms with Crippen LogP contribution >= 0.6 is 0 Å². The van der Waals surface area contributed by atoms with Crippen molar-refractivity contribution in [3.05, 3.63) is 34.9 Å². The summed E-state index contributed by atoms with van der Waals surface area (Å²) in [4.78, 5) is 30.5. The molecule has 0 aromatic heterocycles. The van der Waals surface area contributed by atoms with E-state index in [0.717, 1.165) is 6.26 Å². The van der Waals surface area contributed by atoms with Crippen molar-refractivity contribution in [3.8, 4) is 5.75 Å². The second-order valence-corrected chi connectivity index (χ2v) is 2.27. The molecule has 1 aromatic carbocycles. The quantitative estimate of drug-likeness (QED) is 0.415. The zero-order chi connectivity index (χ0) is 10.4. The Morgan fingerprint density at radius 2 is 1.79 bits per heavy atom. The van der Waals surface area contributed by atoms with Crippen LogP contribution in [-0.2, 0) is 14.4 Å². The van der Waals surface area contributed by atoms with Gasteiger partial charge < -0.3 is 4.74 Å². The van der Waals surface area contributed by atoms with Crippen molar-refractivity contribution in [1.29, 1.82) is 0 Å². The summed E-state index contributed by atoms with van der Waals surface area (Å²) < 4.78 is 4.74. The van der Waals surface area contributed by atoms with Crippen LogP contribution in [0.3, 0.4) is 0 Å². The van der Waals surface area contributed by atoms with Gasteiger partial charge in [-0.3, -0.25) is 0 Å². The fourth-order valence-corrected chi connectivity index (χ4v) is 0.862. The molecule has 68 valence electrons. The van der Waals surface area contributed by atoms with E-state index in [9.17, 15) is 14.4 Å². The maximum Gasteiger partial charge on any atom is 0.174 e. The highest BCUT2D eigenvalue weighted by Crippen LogP contribution is 2.02. The lowest BCUT2D eigenvalue weighted by Gasteiger charge is -1.94. The van der Waals surface area contributed by atoms with Crippen molar-refractivity contribution in [1.82, 2.24) is 0 Å². The van der Waals surface area contributed by atoms with Gasteiger partial charge in [-0.2, -0.15) is 0 Å². The maximum absolute atomic E-state index is 10.4. The van der Waals surface area contributed by atoms with Crippen molar-refractivity contribution in [2.24, 2.45) is 0 Å². The number of hydrogen-bond donors (Lipinski definition) is 0. The van der Waals surface area contributed by atoms with Gasteiger partial charge in [-0.15, -0.1) is 0 Å². The lowest BCUT2D eigenvalue weighted by atomic mass is 10.2. The average Bonchev–Trinajstić information content (AvgIpc) is 2.25. The lowest BCUT2D eigenvalue weighted by molar-refractivity contribution is 0.476. The number of ether oxygens (including phenoxy) is 1. The fraction of sp³-hybridized carbons (Fsp3) is 0. The van der Waals surface area contributed by atoms with Crippen molar-refractivity contribution in [3.63, 3.8) is 0 Å². The predicted molar refractivity (Wildman–Crippen MR) is 46.2 cm³/mol. The smallest absolute Gasteiger partial charge is 0.174 e. The number of benzene rings is 1. The van der Waals surface area contributed by atoms with E-state index in [4.69, 9.17) is 4.74 Å². The van der Waals surface area contributed by atoms with E-state index in [1.54, 1.807) is 11.9 Å². The highest BCUT2D eigenvalue weighted by atomic mass is 16.5. The number of hydrogen-bond acceptors (Lipinski definition) is 4. The maximum atomic E-state index is 10.4. The monoisotopic (exact) mass is 188 g/mol. The molecule has 0 unspecified atom stereocenters. The molecule has 0 atom stereocenters. The Morgan fingerprint density at radius 3 is 2.36 bits per heavy atom. The van der Waals surface area contributed by atoms with E-state index in [2.05, 4.69) is 0 Å². The molecule has 14 heavy (non-hydrogen) atoms. The minimum Gasteiger partial charge on any atom is -0.453 e. The van der Waals surface area contributed by atoms with Crippen LogP contribution in [-0.4, -0.2) is 17.8 Å². The summed E-state index contributed by atoms with van der Waals surface area (Å²) in [5, 5.41) is 0.138. The van der Waals surface area contributed by atoms with Crippen LogP contribution in [0.1, 0.15) is 0 Å². The van der Waals surface area contributed by atoms with Crippen molar-refractivity contribution < 1.29 is 19.1 Å². The van der Waals surface area contributed by atoms with Crippen LogP contribution in [0.2, 0.25) is 0 Å². The average molecular weight is 188 g/mol. The standard InChI is InChI=1S/C10H4O4/c11-3-4-14-10-2-1-8(6-12)9(5-10)7-13/h1-2,4-5H. The first-order chi connectivity index (χ1) is 6.81. The molecule has 0 aliphatic carbocycles. The highest BCUT2D eigenvalue weighted by Gasteiger charge is 1.93. The molecular weight excluding hydrogens is 184 g/mol. The zero-order valence-electron chi connectivity index (χ0n) is 6.94. The second kappa shape index (κ2) is 4.61. The Balaban J connectivity index is 3.36. The molecule has 0 aliphatic rings. The molecule has 0 saturated carbocycles. The van der Waals surface area contributed by atoms with Crippen LogP contribution in [0.25, 0.3) is 0 Å². The number of carbonyl (C=O) groups excluding carboxylic acids is 3. The third kappa shape index (κ3) is 2.07. The molecule has 0 N–H and O–H groups in total. The molecule has 0 spiro atoms. The Kier molecular flexibility index (Phi) is 3.20. The van der Waals surface area contributed by atoms with Crippen LogP contribution in [0.4, 0.5) is 0 Å². The van der Waals surface area contributed by atoms with Crippen LogP contribution in [0, 0.1) is 0 Å². The first-order valence-corrected chi connectivity index (χ1v) is 3.58. The third-order valence-electron chi connectivity index (χ3n) is 1.45. The highest BCUT2D eigenvalue weighted by molar-refractivity contribution is 5.55. The van der Waals surface area contributed by atoms with E-state index >= 15 is 0 Å². The van der Waals surface area contributed by atoms with Gasteiger partial charge in [0.25, 0.3) is 0 Å². The third-order valence-corrected chi connectivity index (χ3v) is 1.45. The van der Waals surface area contributed by atoms with Crippen molar-refractivity contribution in [2.75, 3.05) is 0 Å². The first-order valence-electron chi connectivity index (χ1n) is 3.58. The summed E-state index contributed by atoms with van der Waals surface area (Å²) in [5.74, 6) is 4.80. The molecule has 0 saturated heterocycles. The van der Waals surface area contributed by atoms with E-state index in [-0.39, 0.29) is 16.2 Å². The number of rotatable bonds is 2. The van der Waals surface area contributed by atoms with Crippen molar-refractivity contribution >= 4 is 17.8 Å². The summed E-state index contributed by atoms with van der Waals surface area (Å²) in [6.45, 7) is 0. The van der Waals surface area contributed by atoms with Gasteiger partial charge in [0.2, 0.25) is 0 Å². The van der Waals surface area contributed by atoms with E-state index < -0.39 is 0 Å². The molecule has 0 radical (unpaired) electrons. The van der Waals surface area contributed by atoms with Gasteiger partial charge in [0.05, 0.1) is 10.4 Å². The van der Waals surface area contributed by atoms with Gasteiger partial charge in [0, 0.05) is 6.07 Å². The Labute approximate surface area is 78.4 Å². The van der Waals surface area contributed by atoms with Crippen LogP contribution in [0.5, 0.6) is 5.75 Å². The van der Waals surface area contributed by atoms with Crippen LogP contribution in [0.15, 0.2) is 24.5 Å². The molecule has 0 bridgehead atoms. The molecule has 0 heterocycles. The molecule has 4 heteroatoms. The van der Waals surface area contributed by atoms with Crippen LogP contribution < -0.4 is 15.2 Å². The summed E-state index contributed by atoms with van der Waals surface area (Å²) in [6, 6.07) is 4.05. The SMILES string of the molecule is O=C=COc1ccc(=C=O)c(=C=O)c1. The summed E-state index contributed by atoms with van der Waals surface area (Å²) in [7, 11) is 0. The van der Waals surface area contributed by atoms with Gasteiger partial charge >= 0.3 is 0 Å². The predicted octanol–water partition coefficient (Wildman–Crippen LogP) is -1.58. The molecule has 1 aromatic rings. The molecule has 0 fully saturated rings. The zero-order valence-corrected chi connectivity index (χ0v) is 6.94. The summed E-state index contributed by atoms with van der Waals surface area (Å²) >= 11 is 0. The summed E-state index contributed by atoms with van der Waals surface area (Å²) in [6.07, 6.45) is 0.800. The van der Waals surface area contributed by atoms with E-state index in [0.29, 0.717) is 0 Å². The Hall–Kier alpha value is -2.37. The van der Waals surface area contributed by atoms with Crippen molar-refractivity contribution in [2.45, 2.75) is 0 Å². The largest absolute Gasteiger partial charge is 0.453 e. The minimum atomic E-state index is 0.0387. The fourth-order valence-electron chi connectivity index (χ4n) is 0.862. The van der Waals surface area contributed by atoms with Gasteiger partial charge in [-0.1, -0.05) is 0 Å². The van der Waals surface area contributed by atoms with Gasteiger partial charge in [-0.05, 0) is 12.1 Å². The van der Waals surface area contributed by atoms with E-state index in [1.165, 1.54) is 24.1 Å². The van der Waals surface area contributed by atoms with E-state index in [1.807, 2.05) is 0 Å². The Bertz CT molecular complexity index is 542.